The third-order valence-corrected chi connectivity index (χ3v) is 7.34. The average Bonchev–Trinajstić information content (AvgIpc) is 2.27. The van der Waals surface area contributed by atoms with Crippen LogP contribution in [0.3, 0.4) is 0 Å². The molecule has 1 heteroatoms. The van der Waals surface area contributed by atoms with E-state index in [1.54, 1.807) is 0 Å². The first-order chi connectivity index (χ1) is 7.24. The Labute approximate surface area is 99.0 Å². The van der Waals surface area contributed by atoms with Gasteiger partial charge in [0.15, 0.2) is 0 Å². The standard InChI is InChI=1S/C14H31P/c1-6-11-13(8-3)15(10-5)14(9-4)12-7-2/h13-14H,6-12H2,1-5H3. The summed E-state index contributed by atoms with van der Waals surface area (Å²) in [6.45, 7) is 11.9. The van der Waals surface area contributed by atoms with Crippen LogP contribution < -0.4 is 0 Å². The van der Waals surface area contributed by atoms with Crippen LogP contribution in [-0.4, -0.2) is 17.5 Å². The Morgan fingerprint density at radius 2 is 1.13 bits per heavy atom. The van der Waals surface area contributed by atoms with Crippen molar-refractivity contribution in [3.8, 4) is 0 Å². The highest BCUT2D eigenvalue weighted by Crippen LogP contribution is 2.51. The Morgan fingerprint density at radius 1 is 0.733 bits per heavy atom. The Morgan fingerprint density at radius 3 is 1.33 bits per heavy atom. The first-order valence-electron chi connectivity index (χ1n) is 7.00. The minimum atomic E-state index is 0.303. The maximum Gasteiger partial charge on any atom is -0.0210 e. The van der Waals surface area contributed by atoms with Crippen molar-refractivity contribution in [2.75, 3.05) is 6.16 Å². The lowest BCUT2D eigenvalue weighted by atomic mass is 10.2. The van der Waals surface area contributed by atoms with Gasteiger partial charge in [-0.25, -0.2) is 0 Å². The summed E-state index contributed by atoms with van der Waals surface area (Å²) in [6, 6.07) is 0. The second-order valence-corrected chi connectivity index (χ2v) is 7.65. The lowest BCUT2D eigenvalue weighted by Crippen LogP contribution is -2.15. The van der Waals surface area contributed by atoms with Crippen LogP contribution in [0.25, 0.3) is 0 Å². The first-order valence-corrected chi connectivity index (χ1v) is 8.67. The van der Waals surface area contributed by atoms with Gasteiger partial charge in [-0.05, 0) is 43.2 Å². The molecule has 0 aromatic rings. The molecule has 0 radical (unpaired) electrons. The van der Waals surface area contributed by atoms with Crippen LogP contribution in [-0.2, 0) is 0 Å². The van der Waals surface area contributed by atoms with Crippen molar-refractivity contribution in [3.63, 3.8) is 0 Å². The zero-order valence-electron chi connectivity index (χ0n) is 11.6. The SMILES string of the molecule is CCCC(CC)P(CC)C(CC)CCC. The van der Waals surface area contributed by atoms with Gasteiger partial charge < -0.3 is 0 Å². The van der Waals surface area contributed by atoms with Gasteiger partial charge in [0, 0.05) is 0 Å². The van der Waals surface area contributed by atoms with Gasteiger partial charge >= 0.3 is 0 Å². The van der Waals surface area contributed by atoms with E-state index in [4.69, 9.17) is 0 Å². The summed E-state index contributed by atoms with van der Waals surface area (Å²) in [5, 5.41) is 0. The van der Waals surface area contributed by atoms with Gasteiger partial charge in [-0.1, -0.05) is 47.5 Å². The lowest BCUT2D eigenvalue weighted by molar-refractivity contribution is 0.665. The van der Waals surface area contributed by atoms with Gasteiger partial charge in [-0.15, -0.1) is 7.92 Å². The van der Waals surface area contributed by atoms with E-state index in [-0.39, 0.29) is 0 Å². The van der Waals surface area contributed by atoms with Crippen LogP contribution in [0.2, 0.25) is 0 Å². The molecule has 0 N–H and O–H groups in total. The van der Waals surface area contributed by atoms with E-state index in [1.165, 1.54) is 44.7 Å². The third kappa shape index (κ3) is 5.34. The van der Waals surface area contributed by atoms with Crippen molar-refractivity contribution in [1.82, 2.24) is 0 Å². The lowest BCUT2D eigenvalue weighted by Gasteiger charge is -2.33. The molecule has 0 bridgehead atoms. The van der Waals surface area contributed by atoms with E-state index in [1.807, 2.05) is 0 Å². The molecule has 0 aromatic heterocycles. The highest BCUT2D eigenvalue weighted by Gasteiger charge is 2.23. The third-order valence-electron chi connectivity index (χ3n) is 3.49. The predicted molar refractivity (Wildman–Crippen MR) is 75.4 cm³/mol. The van der Waals surface area contributed by atoms with Crippen molar-refractivity contribution >= 4 is 7.92 Å². The molecule has 0 aliphatic carbocycles. The van der Waals surface area contributed by atoms with E-state index in [2.05, 4.69) is 34.6 Å². The fraction of sp³-hybridized carbons (Fsp3) is 1.00. The molecule has 15 heavy (non-hydrogen) atoms. The molecule has 0 aliphatic rings. The molecule has 2 unspecified atom stereocenters. The summed E-state index contributed by atoms with van der Waals surface area (Å²) in [4.78, 5) is 0. The molecule has 0 rings (SSSR count). The summed E-state index contributed by atoms with van der Waals surface area (Å²) >= 11 is 0. The molecule has 0 nitrogen and oxygen atoms in total. The summed E-state index contributed by atoms with van der Waals surface area (Å²) in [5.41, 5.74) is 2.10. The van der Waals surface area contributed by atoms with E-state index < -0.39 is 0 Å². The van der Waals surface area contributed by atoms with E-state index in [0.717, 1.165) is 11.3 Å². The molecule has 92 valence electrons. The summed E-state index contributed by atoms with van der Waals surface area (Å²) in [7, 11) is 0.303. The fourth-order valence-corrected chi connectivity index (χ4v) is 6.44. The highest BCUT2D eigenvalue weighted by molar-refractivity contribution is 7.59. The summed E-state index contributed by atoms with van der Waals surface area (Å²) < 4.78 is 0. The maximum absolute atomic E-state index is 2.42. The van der Waals surface area contributed by atoms with Crippen LogP contribution >= 0.6 is 7.92 Å². The van der Waals surface area contributed by atoms with Crippen molar-refractivity contribution in [2.45, 2.75) is 84.5 Å². The van der Waals surface area contributed by atoms with Gasteiger partial charge in [0.1, 0.15) is 0 Å². The maximum atomic E-state index is 2.42. The van der Waals surface area contributed by atoms with Gasteiger partial charge in [-0.2, -0.15) is 0 Å². The molecule has 0 saturated carbocycles. The second kappa shape index (κ2) is 9.64. The molecular weight excluding hydrogens is 199 g/mol. The molecule has 0 saturated heterocycles. The van der Waals surface area contributed by atoms with E-state index in [9.17, 15) is 0 Å². The minimum Gasteiger partial charge on any atom is -0.101 e. The Balaban J connectivity index is 4.37. The highest BCUT2D eigenvalue weighted by atomic mass is 31.1. The molecule has 2 atom stereocenters. The van der Waals surface area contributed by atoms with Gasteiger partial charge in [0.2, 0.25) is 0 Å². The molecule has 0 heterocycles. The number of hydrogen-bond donors (Lipinski definition) is 0. The van der Waals surface area contributed by atoms with Crippen molar-refractivity contribution < 1.29 is 0 Å². The molecule has 0 amide bonds. The van der Waals surface area contributed by atoms with Crippen molar-refractivity contribution in [3.05, 3.63) is 0 Å². The Kier molecular flexibility index (Phi) is 9.92. The van der Waals surface area contributed by atoms with Crippen molar-refractivity contribution in [1.29, 1.82) is 0 Å². The first kappa shape index (κ1) is 15.4. The normalized spacial score (nSPS) is 17.4. The van der Waals surface area contributed by atoms with Crippen LogP contribution in [0, 0.1) is 0 Å². The predicted octanol–water partition coefficient (Wildman–Crippen LogP) is 5.65. The van der Waals surface area contributed by atoms with Crippen LogP contribution in [0.1, 0.15) is 73.1 Å². The molecular formula is C14H31P. The monoisotopic (exact) mass is 230 g/mol. The second-order valence-electron chi connectivity index (χ2n) is 4.53. The smallest absolute Gasteiger partial charge is 0.0210 e. The molecule has 0 aliphatic heterocycles. The quantitative estimate of drug-likeness (QED) is 0.449. The number of rotatable bonds is 9. The van der Waals surface area contributed by atoms with Crippen molar-refractivity contribution in [2.24, 2.45) is 0 Å². The number of hydrogen-bond acceptors (Lipinski definition) is 0. The fourth-order valence-electron chi connectivity index (χ4n) is 2.69. The summed E-state index contributed by atoms with van der Waals surface area (Å²) in [6.07, 6.45) is 9.96. The van der Waals surface area contributed by atoms with Crippen LogP contribution in [0.5, 0.6) is 0 Å². The van der Waals surface area contributed by atoms with Crippen LogP contribution in [0.4, 0.5) is 0 Å². The molecule has 0 spiro atoms. The van der Waals surface area contributed by atoms with Gasteiger partial charge in [-0.3, -0.25) is 0 Å². The van der Waals surface area contributed by atoms with Crippen LogP contribution in [0.15, 0.2) is 0 Å². The largest absolute Gasteiger partial charge is 0.101 e. The molecule has 0 aromatic carbocycles. The van der Waals surface area contributed by atoms with E-state index >= 15 is 0 Å². The Hall–Kier alpha value is 0.430. The Bertz CT molecular complexity index is 119. The zero-order chi connectivity index (χ0) is 11.7. The average molecular weight is 230 g/mol. The van der Waals surface area contributed by atoms with Gasteiger partial charge in [0.25, 0.3) is 0 Å². The van der Waals surface area contributed by atoms with E-state index in [0.29, 0.717) is 7.92 Å². The molecule has 0 fully saturated rings. The van der Waals surface area contributed by atoms with Gasteiger partial charge in [0.05, 0.1) is 0 Å². The zero-order valence-corrected chi connectivity index (χ0v) is 12.4. The minimum absolute atomic E-state index is 0.303. The topological polar surface area (TPSA) is 0 Å². The summed E-state index contributed by atoms with van der Waals surface area (Å²) in [5.74, 6) is 0.